The number of nitrogens with two attached hydrogens (primary N) is 1. The summed E-state index contributed by atoms with van der Waals surface area (Å²) in [6.45, 7) is 2.76. The van der Waals surface area contributed by atoms with Crippen molar-refractivity contribution < 1.29 is 13.2 Å². The Balaban J connectivity index is 2.08. The molecule has 110 valence electrons. The maximum absolute atomic E-state index is 12.6. The molecule has 0 unspecified atom stereocenters. The molecule has 0 aromatic heterocycles. The fourth-order valence-electron chi connectivity index (χ4n) is 2.59. The number of piperidine rings is 1. The highest BCUT2D eigenvalue weighted by Gasteiger charge is 2.41. The molecule has 0 saturated carbocycles. The lowest BCUT2D eigenvalue weighted by Gasteiger charge is -2.34. The molecule has 6 heteroatoms. The monoisotopic (exact) mass is 302 g/mol. The first-order chi connectivity index (χ1) is 9.29. The number of anilines is 1. The molecule has 1 aliphatic heterocycles. The molecule has 0 radical (unpaired) electrons. The summed E-state index contributed by atoms with van der Waals surface area (Å²) in [5.41, 5.74) is 8.30. The molecule has 1 aliphatic rings. The Hall–Kier alpha value is -1.30. The molecule has 2 nitrogen and oxygen atoms in total. The summed E-state index contributed by atoms with van der Waals surface area (Å²) in [5.74, 6) is -1.17. The Morgan fingerprint density at radius 2 is 1.90 bits per heavy atom. The van der Waals surface area contributed by atoms with E-state index >= 15 is 0 Å². The number of nitrogens with zero attached hydrogens (tertiary/aromatic N) is 1. The molecule has 1 heterocycles. The number of aryl methyl sites for hydroxylation is 1. The Kier molecular flexibility index (Phi) is 4.22. The highest BCUT2D eigenvalue weighted by Crippen LogP contribution is 2.35. The normalized spacial score (nSPS) is 17.3. The van der Waals surface area contributed by atoms with E-state index in [1.807, 2.05) is 30.0 Å². The van der Waals surface area contributed by atoms with Crippen LogP contribution in [-0.4, -0.2) is 24.3 Å². The molecule has 0 amide bonds. The van der Waals surface area contributed by atoms with Crippen LogP contribution in [0, 0.1) is 12.8 Å². The van der Waals surface area contributed by atoms with Crippen LogP contribution in [0.1, 0.15) is 24.0 Å². The van der Waals surface area contributed by atoms with Crippen molar-refractivity contribution in [2.45, 2.75) is 25.9 Å². The first-order valence-electron chi connectivity index (χ1n) is 6.51. The van der Waals surface area contributed by atoms with Gasteiger partial charge in [0.05, 0.1) is 5.92 Å². The van der Waals surface area contributed by atoms with Crippen LogP contribution >= 0.6 is 12.2 Å². The molecule has 1 saturated heterocycles. The van der Waals surface area contributed by atoms with Gasteiger partial charge in [-0.3, -0.25) is 0 Å². The molecule has 0 bridgehead atoms. The molecule has 1 aromatic carbocycles. The van der Waals surface area contributed by atoms with Crippen LogP contribution in [0.3, 0.4) is 0 Å². The van der Waals surface area contributed by atoms with E-state index < -0.39 is 12.1 Å². The Morgan fingerprint density at radius 3 is 2.35 bits per heavy atom. The minimum absolute atomic E-state index is 0.152. The van der Waals surface area contributed by atoms with Gasteiger partial charge in [0, 0.05) is 24.3 Å². The van der Waals surface area contributed by atoms with Crippen molar-refractivity contribution in [2.75, 3.05) is 18.0 Å². The van der Waals surface area contributed by atoms with Crippen molar-refractivity contribution in [3.8, 4) is 0 Å². The average Bonchev–Trinajstić information content (AvgIpc) is 2.37. The quantitative estimate of drug-likeness (QED) is 0.849. The minimum Gasteiger partial charge on any atom is -0.389 e. The minimum atomic E-state index is -4.07. The summed E-state index contributed by atoms with van der Waals surface area (Å²) in [7, 11) is 0. The summed E-state index contributed by atoms with van der Waals surface area (Å²) in [5, 5.41) is 0. The lowest BCUT2D eigenvalue weighted by Crippen LogP contribution is -2.39. The zero-order valence-electron chi connectivity index (χ0n) is 11.2. The number of halogens is 3. The third-order valence-electron chi connectivity index (χ3n) is 3.80. The SMILES string of the molecule is Cc1cc(N2CCC(C(F)(F)F)CC2)ccc1C(N)=S. The third-order valence-corrected chi connectivity index (χ3v) is 4.02. The predicted octanol–water partition coefficient (Wildman–Crippen LogP) is 3.41. The summed E-state index contributed by atoms with van der Waals surface area (Å²) in [6, 6.07) is 5.64. The first kappa shape index (κ1) is 15.1. The van der Waals surface area contributed by atoms with Gasteiger partial charge in [-0.15, -0.1) is 0 Å². The second-order valence-electron chi connectivity index (χ2n) is 5.17. The number of thiocarbonyl (C=S) groups is 1. The van der Waals surface area contributed by atoms with Crippen molar-refractivity contribution in [3.05, 3.63) is 29.3 Å². The maximum Gasteiger partial charge on any atom is 0.391 e. The van der Waals surface area contributed by atoms with E-state index in [1.54, 1.807) is 0 Å². The van der Waals surface area contributed by atoms with E-state index in [0.717, 1.165) is 16.8 Å². The van der Waals surface area contributed by atoms with Gasteiger partial charge < -0.3 is 10.6 Å². The van der Waals surface area contributed by atoms with Crippen LogP contribution < -0.4 is 10.6 Å². The zero-order chi connectivity index (χ0) is 14.9. The van der Waals surface area contributed by atoms with Gasteiger partial charge in [-0.1, -0.05) is 12.2 Å². The van der Waals surface area contributed by atoms with Crippen molar-refractivity contribution in [3.63, 3.8) is 0 Å². The maximum atomic E-state index is 12.6. The Bertz CT molecular complexity index is 506. The van der Waals surface area contributed by atoms with E-state index in [1.165, 1.54) is 0 Å². The van der Waals surface area contributed by atoms with Crippen molar-refractivity contribution in [1.82, 2.24) is 0 Å². The number of hydrogen-bond acceptors (Lipinski definition) is 2. The number of benzene rings is 1. The van der Waals surface area contributed by atoms with Crippen LogP contribution in [0.25, 0.3) is 0 Å². The smallest absolute Gasteiger partial charge is 0.389 e. The van der Waals surface area contributed by atoms with Gasteiger partial charge in [0.15, 0.2) is 0 Å². The highest BCUT2D eigenvalue weighted by atomic mass is 32.1. The first-order valence-corrected chi connectivity index (χ1v) is 6.92. The average molecular weight is 302 g/mol. The van der Waals surface area contributed by atoms with E-state index in [4.69, 9.17) is 18.0 Å². The Labute approximate surface area is 121 Å². The van der Waals surface area contributed by atoms with Gasteiger partial charge in [-0.2, -0.15) is 13.2 Å². The standard InChI is InChI=1S/C14H17F3N2S/c1-9-8-11(2-3-12(9)13(18)20)19-6-4-10(5-7-19)14(15,16)17/h2-3,8,10H,4-7H2,1H3,(H2,18,20). The second-order valence-corrected chi connectivity index (χ2v) is 5.61. The van der Waals surface area contributed by atoms with Crippen LogP contribution in [-0.2, 0) is 0 Å². The fraction of sp³-hybridized carbons (Fsp3) is 0.500. The zero-order valence-corrected chi connectivity index (χ0v) is 12.0. The van der Waals surface area contributed by atoms with Crippen LogP contribution in [0.4, 0.5) is 18.9 Å². The summed E-state index contributed by atoms with van der Waals surface area (Å²) in [6.07, 6.45) is -3.77. The van der Waals surface area contributed by atoms with Crippen LogP contribution in [0.2, 0.25) is 0 Å². The Morgan fingerprint density at radius 1 is 1.30 bits per heavy atom. The van der Waals surface area contributed by atoms with E-state index in [0.29, 0.717) is 18.1 Å². The van der Waals surface area contributed by atoms with Crippen LogP contribution in [0.15, 0.2) is 18.2 Å². The molecule has 1 aromatic rings. The van der Waals surface area contributed by atoms with Gasteiger partial charge in [0.2, 0.25) is 0 Å². The van der Waals surface area contributed by atoms with E-state index in [-0.39, 0.29) is 12.8 Å². The predicted molar refractivity (Wildman–Crippen MR) is 78.1 cm³/mol. The van der Waals surface area contributed by atoms with Crippen molar-refractivity contribution >= 4 is 22.9 Å². The summed E-state index contributed by atoms with van der Waals surface area (Å²) < 4.78 is 37.9. The topological polar surface area (TPSA) is 29.3 Å². The van der Waals surface area contributed by atoms with Crippen molar-refractivity contribution in [2.24, 2.45) is 11.7 Å². The van der Waals surface area contributed by atoms with Gasteiger partial charge >= 0.3 is 6.18 Å². The summed E-state index contributed by atoms with van der Waals surface area (Å²) in [4.78, 5) is 2.32. The molecule has 20 heavy (non-hydrogen) atoms. The molecule has 0 atom stereocenters. The highest BCUT2D eigenvalue weighted by molar-refractivity contribution is 7.80. The molecule has 0 aliphatic carbocycles. The van der Waals surface area contributed by atoms with Gasteiger partial charge in [-0.25, -0.2) is 0 Å². The largest absolute Gasteiger partial charge is 0.391 e. The second kappa shape index (κ2) is 5.60. The molecular weight excluding hydrogens is 285 g/mol. The van der Waals surface area contributed by atoms with Crippen molar-refractivity contribution in [1.29, 1.82) is 0 Å². The van der Waals surface area contributed by atoms with Gasteiger partial charge in [-0.05, 0) is 43.5 Å². The molecular formula is C14H17F3N2S. The lowest BCUT2D eigenvalue weighted by atomic mass is 9.95. The molecule has 0 spiro atoms. The van der Waals surface area contributed by atoms with Gasteiger partial charge in [0.25, 0.3) is 0 Å². The lowest BCUT2D eigenvalue weighted by molar-refractivity contribution is -0.179. The summed E-state index contributed by atoms with van der Waals surface area (Å²) >= 11 is 4.94. The van der Waals surface area contributed by atoms with E-state index in [9.17, 15) is 13.2 Å². The molecule has 1 fully saturated rings. The molecule has 2 rings (SSSR count). The van der Waals surface area contributed by atoms with Gasteiger partial charge in [0.1, 0.15) is 4.99 Å². The number of alkyl halides is 3. The number of hydrogen-bond donors (Lipinski definition) is 1. The molecule has 2 N–H and O–H groups in total. The number of rotatable bonds is 2. The third kappa shape index (κ3) is 3.23. The fourth-order valence-corrected chi connectivity index (χ4v) is 2.82. The van der Waals surface area contributed by atoms with E-state index in [2.05, 4.69) is 0 Å². The van der Waals surface area contributed by atoms with Crippen LogP contribution in [0.5, 0.6) is 0 Å².